The van der Waals surface area contributed by atoms with Crippen LogP contribution in [0.2, 0.25) is 0 Å². The van der Waals surface area contributed by atoms with E-state index in [9.17, 15) is 0 Å². The van der Waals surface area contributed by atoms with Gasteiger partial charge in [-0.25, -0.2) is 4.98 Å². The number of fused-ring (bicyclic) bond motifs is 21. The molecule has 3 heterocycles. The molecule has 13 rings (SSSR count). The molecule has 10 aromatic carbocycles. The molecule has 0 aliphatic carbocycles. The number of rotatable bonds is 5. The number of nitrogens with zero attached hydrogens (tertiary/aromatic N) is 3. The van der Waals surface area contributed by atoms with Crippen LogP contribution in [0.3, 0.4) is 0 Å². The van der Waals surface area contributed by atoms with E-state index in [1.807, 2.05) is 30.6 Å². The zero-order valence-corrected chi connectivity index (χ0v) is 56.5. The second-order valence-corrected chi connectivity index (χ2v) is 29.6. The largest absolute Gasteiger partial charge is 2.00 e. The van der Waals surface area contributed by atoms with Crippen LogP contribution in [0.5, 0.6) is 11.5 Å². The number of hydrogen-bond acceptors (Lipinski definition) is 3. The third-order valence-corrected chi connectivity index (χ3v) is 17.7. The molecule has 0 radical (unpaired) electrons. The van der Waals surface area contributed by atoms with Crippen LogP contribution in [-0.4, -0.2) is 14.5 Å². The first-order valence-corrected chi connectivity index (χ1v) is 31.2. The Morgan fingerprint density at radius 3 is 1.25 bits per heavy atom. The van der Waals surface area contributed by atoms with Gasteiger partial charge in [-0.3, -0.25) is 0 Å². The Morgan fingerprint density at radius 1 is 0.326 bits per heavy atom. The van der Waals surface area contributed by atoms with Gasteiger partial charge in [0.05, 0.1) is 0 Å². The summed E-state index contributed by atoms with van der Waals surface area (Å²) in [5.41, 5.74) is 11.6. The van der Waals surface area contributed by atoms with E-state index in [1.54, 1.807) is 0 Å². The number of hydrogen-bond donors (Lipinski definition) is 0. The molecular weight excluding hydrogens is 1260 g/mol. The topological polar surface area (TPSA) is 39.9 Å². The van der Waals surface area contributed by atoms with Crippen LogP contribution >= 0.6 is 0 Å². The van der Waals surface area contributed by atoms with Gasteiger partial charge >= 0.3 is 21.1 Å². The summed E-state index contributed by atoms with van der Waals surface area (Å²) >= 11 is 0. The molecule has 0 atom stereocenters. The number of ether oxygens (including phenoxy) is 1. The van der Waals surface area contributed by atoms with Crippen LogP contribution in [0, 0.1) is 12.1 Å². The minimum Gasteiger partial charge on any atom is -0.503 e. The molecule has 0 saturated heterocycles. The molecule has 5 heteroatoms. The van der Waals surface area contributed by atoms with Gasteiger partial charge in [0.15, 0.2) is 0 Å². The summed E-state index contributed by atoms with van der Waals surface area (Å²) in [6, 6.07) is 80.0. The predicted molar refractivity (Wildman–Crippen MR) is 376 cm³/mol. The van der Waals surface area contributed by atoms with Gasteiger partial charge in [-0.1, -0.05) is 206 Å². The molecule has 0 aliphatic heterocycles. The van der Waals surface area contributed by atoms with Gasteiger partial charge in [-0.15, -0.1) is 41.3 Å². The van der Waals surface area contributed by atoms with Gasteiger partial charge < -0.3 is 14.3 Å². The molecule has 89 heavy (non-hydrogen) atoms. The third-order valence-electron chi connectivity index (χ3n) is 17.7. The average Bonchev–Trinajstić information content (AvgIpc) is 1.72. The summed E-state index contributed by atoms with van der Waals surface area (Å²) in [6.07, 6.45) is 3.83. The fraction of sp³-hybridized carbons (Fsp3) is 0.238. The summed E-state index contributed by atoms with van der Waals surface area (Å²) in [7, 11) is 0. The van der Waals surface area contributed by atoms with Crippen LogP contribution in [0.4, 0.5) is 0 Å². The van der Waals surface area contributed by atoms with Gasteiger partial charge in [-0.2, -0.15) is 6.07 Å². The molecule has 13 aromatic rings. The van der Waals surface area contributed by atoms with Crippen molar-refractivity contribution in [2.24, 2.45) is 0 Å². The number of pyridine rings is 2. The maximum absolute atomic E-state index is 6.71. The van der Waals surface area contributed by atoms with Gasteiger partial charge in [0.2, 0.25) is 0 Å². The zero-order chi connectivity index (χ0) is 61.8. The summed E-state index contributed by atoms with van der Waals surface area (Å²) in [5, 5.41) is 16.5. The minimum absolute atomic E-state index is 0. The van der Waals surface area contributed by atoms with Crippen LogP contribution in [0.25, 0.3) is 115 Å². The molecule has 0 saturated carbocycles. The van der Waals surface area contributed by atoms with E-state index in [2.05, 4.69) is 296 Å². The van der Waals surface area contributed by atoms with Crippen molar-refractivity contribution < 1.29 is 25.8 Å². The fourth-order valence-electron chi connectivity index (χ4n) is 12.3. The van der Waals surface area contributed by atoms with Crippen molar-refractivity contribution in [1.82, 2.24) is 14.5 Å². The summed E-state index contributed by atoms with van der Waals surface area (Å²) in [6.45, 7) is 34.6. The van der Waals surface area contributed by atoms with Crippen molar-refractivity contribution in [3.05, 3.63) is 246 Å². The SMILES string of the molecule is CC(C)(C)c1ccnc(-n2c3[c-]c(Oc4[c-]c(-c5cc(-c6cc7cc(c6)c6cc(C(C)(C)C)cc(c6)c6cc(C(C)(C)C)cc(c6)c6cccc(c6)c6cc(C(C)(C)C)cc(c6)c6cc(C(C)(C)C)cc7c6)ccn5)ccc4)ccc3c3ccccc32)c1.[Pt+2]. The molecule has 0 unspecified atom stereocenters. The quantitative estimate of drug-likeness (QED) is 0.161. The smallest absolute Gasteiger partial charge is 0.503 e. The first kappa shape index (κ1) is 60.8. The molecular formula is C84H79N3OPt. The third kappa shape index (κ3) is 12.3. The Labute approximate surface area is 540 Å². The molecule has 0 N–H and O–H groups in total. The first-order chi connectivity index (χ1) is 41.7. The number of para-hydroxylation sites is 1. The minimum atomic E-state index is -0.134. The fourth-order valence-corrected chi connectivity index (χ4v) is 12.3. The zero-order valence-electron chi connectivity index (χ0n) is 54.2. The monoisotopic (exact) mass is 1340 g/mol. The van der Waals surface area contributed by atoms with Gasteiger partial charge in [0, 0.05) is 29.4 Å². The van der Waals surface area contributed by atoms with E-state index in [-0.39, 0.29) is 48.1 Å². The number of aromatic nitrogens is 3. The summed E-state index contributed by atoms with van der Waals surface area (Å²) < 4.78 is 8.91. The van der Waals surface area contributed by atoms with Gasteiger partial charge in [-0.05, 0) is 215 Å². The predicted octanol–water partition coefficient (Wildman–Crippen LogP) is 23.4. The van der Waals surface area contributed by atoms with Crippen molar-refractivity contribution in [2.45, 2.75) is 131 Å². The maximum Gasteiger partial charge on any atom is 2.00 e. The van der Waals surface area contributed by atoms with Crippen molar-refractivity contribution in [3.63, 3.8) is 0 Å². The van der Waals surface area contributed by atoms with Crippen molar-refractivity contribution >= 4 is 86.4 Å². The second kappa shape index (κ2) is 22.6. The maximum atomic E-state index is 6.71. The summed E-state index contributed by atoms with van der Waals surface area (Å²) in [4.78, 5) is 9.92. The van der Waals surface area contributed by atoms with Gasteiger partial charge in [0.1, 0.15) is 5.82 Å². The molecule has 4 nitrogen and oxygen atoms in total. The summed E-state index contributed by atoms with van der Waals surface area (Å²) in [5.74, 6) is 2.00. The van der Waals surface area contributed by atoms with Crippen molar-refractivity contribution in [3.8, 4) is 39.7 Å². The van der Waals surface area contributed by atoms with E-state index in [0.29, 0.717) is 11.5 Å². The van der Waals surface area contributed by atoms with Crippen LogP contribution in [-0.2, 0) is 48.1 Å². The second-order valence-electron chi connectivity index (χ2n) is 29.6. The molecule has 12 bridgehead atoms. The normalized spacial score (nSPS) is 12.6. The van der Waals surface area contributed by atoms with E-state index < -0.39 is 0 Å². The molecule has 3 aromatic heterocycles. The Balaban J connectivity index is 0.00000769. The van der Waals surface area contributed by atoms with E-state index in [0.717, 1.165) is 60.8 Å². The Morgan fingerprint density at radius 2 is 0.753 bits per heavy atom. The number of benzene rings is 9. The standard InChI is InChI=1S/C84H79N3O.Pt/c1-80(2,3)67-29-31-86-79(50-67)87-77-25-17-16-24-74(77)75-27-26-73(51-78(75)87)88-72-23-19-22-55(48-72)76-49-54(28-30-85-76)56-33-57-35-58(34-56)62-39-66(47-71(43-62)84(13,14)15)64-37-60(41-69(45-64)82(7,8)9)53-21-18-20-52(32-53)59-36-63(44-68(40-59)81(4,5)6)65-38-61(57)42-70(46-65)83(10,11)12;/h16-47,49-50H,1-15H3;/q-2;+2. The van der Waals surface area contributed by atoms with Crippen molar-refractivity contribution in [2.75, 3.05) is 0 Å². The van der Waals surface area contributed by atoms with Crippen LogP contribution in [0.15, 0.2) is 207 Å². The molecule has 0 spiro atoms. The molecule has 0 amide bonds. The Bertz CT molecular complexity index is 4910. The van der Waals surface area contributed by atoms with Crippen molar-refractivity contribution in [1.29, 1.82) is 0 Å². The van der Waals surface area contributed by atoms with E-state index in [4.69, 9.17) is 14.7 Å². The Kier molecular flexibility index (Phi) is 15.4. The average molecular weight is 1340 g/mol. The first-order valence-electron chi connectivity index (χ1n) is 31.2. The van der Waals surface area contributed by atoms with Gasteiger partial charge in [0.25, 0.3) is 0 Å². The van der Waals surface area contributed by atoms with Crippen LogP contribution < -0.4 is 4.74 Å². The molecule has 0 aliphatic rings. The van der Waals surface area contributed by atoms with E-state index >= 15 is 0 Å². The molecule has 446 valence electrons. The molecule has 0 fully saturated rings. The Hall–Kier alpha value is -8.43. The van der Waals surface area contributed by atoms with E-state index in [1.165, 1.54) is 81.7 Å². The van der Waals surface area contributed by atoms with Crippen LogP contribution in [0.1, 0.15) is 132 Å².